The molecule has 0 atom stereocenters. The summed E-state index contributed by atoms with van der Waals surface area (Å²) in [6, 6.07) is 0. The van der Waals surface area contributed by atoms with E-state index in [1.54, 1.807) is 13.8 Å². The van der Waals surface area contributed by atoms with Crippen LogP contribution in [0.15, 0.2) is 0 Å². The highest BCUT2D eigenvalue weighted by Gasteiger charge is 2.30. The molecular formula is C11H9F5O2. The molecule has 0 aliphatic carbocycles. The van der Waals surface area contributed by atoms with Crippen LogP contribution >= 0.6 is 0 Å². The highest BCUT2D eigenvalue weighted by molar-refractivity contribution is 5.90. The molecule has 1 rings (SSSR count). The van der Waals surface area contributed by atoms with Crippen LogP contribution in [0.5, 0.6) is 0 Å². The number of hydrogen-bond acceptors (Lipinski definition) is 2. The van der Waals surface area contributed by atoms with Crippen molar-refractivity contribution in [3.8, 4) is 0 Å². The van der Waals surface area contributed by atoms with Crippen LogP contribution in [0.2, 0.25) is 0 Å². The van der Waals surface area contributed by atoms with Gasteiger partial charge in [0.25, 0.3) is 0 Å². The largest absolute Gasteiger partial charge is 0.462 e. The molecule has 0 bridgehead atoms. The summed E-state index contributed by atoms with van der Waals surface area (Å²) >= 11 is 0. The van der Waals surface area contributed by atoms with E-state index in [4.69, 9.17) is 0 Å². The molecule has 0 fully saturated rings. The van der Waals surface area contributed by atoms with Gasteiger partial charge in [0.15, 0.2) is 23.3 Å². The summed E-state index contributed by atoms with van der Waals surface area (Å²) in [6.07, 6.45) is 0. The minimum absolute atomic E-state index is 0.143. The number of hydrogen-bond donors (Lipinski definition) is 0. The summed E-state index contributed by atoms with van der Waals surface area (Å²) in [6.45, 7) is 3.09. The summed E-state index contributed by atoms with van der Waals surface area (Å²) in [5, 5.41) is 0. The lowest BCUT2D eigenvalue weighted by atomic mass is 10.1. The van der Waals surface area contributed by atoms with Gasteiger partial charge in [-0.2, -0.15) is 0 Å². The fourth-order valence-electron chi connectivity index (χ4n) is 1.10. The molecule has 0 aromatic heterocycles. The summed E-state index contributed by atoms with van der Waals surface area (Å²) in [4.78, 5) is 11.2. The number of benzene rings is 1. The number of carbonyl (C=O) groups is 1. The van der Waals surface area contributed by atoms with Crippen LogP contribution in [0.4, 0.5) is 22.0 Å². The third-order valence-corrected chi connectivity index (χ3v) is 1.96. The van der Waals surface area contributed by atoms with Crippen LogP contribution in [-0.2, 0) is 4.74 Å². The van der Waals surface area contributed by atoms with E-state index < -0.39 is 40.6 Å². The second kappa shape index (κ2) is 5.32. The highest BCUT2D eigenvalue weighted by Crippen LogP contribution is 2.23. The summed E-state index contributed by atoms with van der Waals surface area (Å²) in [5.74, 6) is -12.8. The molecule has 18 heavy (non-hydrogen) atoms. The van der Waals surface area contributed by atoms with Gasteiger partial charge in [-0.25, -0.2) is 26.7 Å². The first-order valence-electron chi connectivity index (χ1n) is 4.95. The molecule has 0 unspecified atom stereocenters. The lowest BCUT2D eigenvalue weighted by molar-refractivity contribution is 0.0444. The Kier molecular flexibility index (Phi) is 4.26. The van der Waals surface area contributed by atoms with Crippen LogP contribution in [0.1, 0.15) is 24.2 Å². The van der Waals surface area contributed by atoms with Crippen molar-refractivity contribution in [2.75, 3.05) is 6.61 Å². The third kappa shape index (κ3) is 2.60. The van der Waals surface area contributed by atoms with Gasteiger partial charge in [-0.1, -0.05) is 13.8 Å². The van der Waals surface area contributed by atoms with E-state index in [9.17, 15) is 26.7 Å². The summed E-state index contributed by atoms with van der Waals surface area (Å²) in [7, 11) is 0. The van der Waals surface area contributed by atoms with E-state index in [-0.39, 0.29) is 12.5 Å². The molecule has 0 saturated heterocycles. The van der Waals surface area contributed by atoms with E-state index in [0.29, 0.717) is 0 Å². The fourth-order valence-corrected chi connectivity index (χ4v) is 1.10. The SMILES string of the molecule is CC(C)COC(=O)c1c(F)c(F)c(F)c(F)c1F. The molecule has 0 amide bonds. The first-order chi connectivity index (χ1) is 8.27. The molecule has 0 spiro atoms. The zero-order valence-electron chi connectivity index (χ0n) is 9.49. The quantitative estimate of drug-likeness (QED) is 0.364. The molecule has 1 aromatic rings. The van der Waals surface area contributed by atoms with E-state index in [2.05, 4.69) is 4.74 Å². The van der Waals surface area contributed by atoms with Gasteiger partial charge in [-0.05, 0) is 5.92 Å². The third-order valence-electron chi connectivity index (χ3n) is 1.96. The first-order valence-corrected chi connectivity index (χ1v) is 4.95. The zero-order valence-corrected chi connectivity index (χ0v) is 9.49. The first kappa shape index (κ1) is 14.4. The maximum absolute atomic E-state index is 13.2. The van der Waals surface area contributed by atoms with E-state index >= 15 is 0 Å². The normalized spacial score (nSPS) is 10.9. The Labute approximate surface area is 99.4 Å². The molecule has 0 aliphatic heterocycles. The number of carbonyl (C=O) groups excluding carboxylic acids is 1. The van der Waals surface area contributed by atoms with E-state index in [0.717, 1.165) is 0 Å². The van der Waals surface area contributed by atoms with Crippen LogP contribution < -0.4 is 0 Å². The highest BCUT2D eigenvalue weighted by atomic mass is 19.2. The Balaban J connectivity index is 3.21. The van der Waals surface area contributed by atoms with Crippen molar-refractivity contribution in [1.29, 1.82) is 0 Å². The van der Waals surface area contributed by atoms with Crippen LogP contribution in [-0.4, -0.2) is 12.6 Å². The van der Waals surface area contributed by atoms with Crippen LogP contribution in [0, 0.1) is 35.0 Å². The lowest BCUT2D eigenvalue weighted by Gasteiger charge is -2.09. The molecule has 1 aromatic carbocycles. The number of ether oxygens (including phenoxy) is 1. The second-order valence-corrected chi connectivity index (χ2v) is 3.94. The molecule has 7 heteroatoms. The standard InChI is InChI=1S/C11H9F5O2/c1-4(2)3-18-11(17)5-6(12)8(14)10(16)9(15)7(5)13/h4H,3H2,1-2H3. The Hall–Kier alpha value is -1.66. The van der Waals surface area contributed by atoms with Crippen molar-refractivity contribution in [1.82, 2.24) is 0 Å². The van der Waals surface area contributed by atoms with Gasteiger partial charge in [0.2, 0.25) is 5.82 Å². The smallest absolute Gasteiger partial charge is 0.344 e. The molecular weight excluding hydrogens is 259 g/mol. The predicted molar refractivity (Wildman–Crippen MR) is 51.4 cm³/mol. The van der Waals surface area contributed by atoms with Crippen LogP contribution in [0.3, 0.4) is 0 Å². The van der Waals surface area contributed by atoms with Crippen molar-refractivity contribution >= 4 is 5.97 Å². The van der Waals surface area contributed by atoms with Gasteiger partial charge in [-0.3, -0.25) is 0 Å². The van der Waals surface area contributed by atoms with Crippen molar-refractivity contribution in [2.24, 2.45) is 5.92 Å². The maximum atomic E-state index is 13.2. The average Bonchev–Trinajstić information content (AvgIpc) is 2.31. The van der Waals surface area contributed by atoms with Gasteiger partial charge in [0.1, 0.15) is 5.56 Å². The zero-order chi connectivity index (χ0) is 14.0. The molecule has 0 aliphatic rings. The molecule has 0 N–H and O–H groups in total. The molecule has 0 saturated carbocycles. The van der Waals surface area contributed by atoms with Crippen molar-refractivity contribution < 1.29 is 31.5 Å². The number of halogens is 5. The Morgan fingerprint density at radius 1 is 0.944 bits per heavy atom. The van der Waals surface area contributed by atoms with Gasteiger partial charge in [-0.15, -0.1) is 0 Å². The number of rotatable bonds is 3. The average molecular weight is 268 g/mol. The summed E-state index contributed by atoms with van der Waals surface area (Å²) < 4.78 is 69.0. The fraction of sp³-hybridized carbons (Fsp3) is 0.364. The van der Waals surface area contributed by atoms with E-state index in [1.165, 1.54) is 0 Å². The molecule has 0 radical (unpaired) electrons. The van der Waals surface area contributed by atoms with Gasteiger partial charge in [0.05, 0.1) is 6.61 Å². The Morgan fingerprint density at radius 3 is 1.72 bits per heavy atom. The van der Waals surface area contributed by atoms with E-state index in [1.807, 2.05) is 0 Å². The topological polar surface area (TPSA) is 26.3 Å². The minimum atomic E-state index is -2.31. The maximum Gasteiger partial charge on any atom is 0.344 e. The Bertz CT molecular complexity index is 456. The van der Waals surface area contributed by atoms with Gasteiger partial charge in [0, 0.05) is 0 Å². The summed E-state index contributed by atoms with van der Waals surface area (Å²) in [5.41, 5.74) is -1.58. The van der Waals surface area contributed by atoms with Crippen molar-refractivity contribution in [3.05, 3.63) is 34.6 Å². The predicted octanol–water partition coefficient (Wildman–Crippen LogP) is 3.19. The van der Waals surface area contributed by atoms with Gasteiger partial charge < -0.3 is 4.74 Å². The molecule has 2 nitrogen and oxygen atoms in total. The lowest BCUT2D eigenvalue weighted by Crippen LogP contribution is -2.17. The second-order valence-electron chi connectivity index (χ2n) is 3.94. The molecule has 0 heterocycles. The minimum Gasteiger partial charge on any atom is -0.462 e. The Morgan fingerprint density at radius 2 is 1.33 bits per heavy atom. The van der Waals surface area contributed by atoms with Gasteiger partial charge >= 0.3 is 5.97 Å². The van der Waals surface area contributed by atoms with Crippen molar-refractivity contribution in [3.63, 3.8) is 0 Å². The monoisotopic (exact) mass is 268 g/mol. The molecule has 100 valence electrons. The van der Waals surface area contributed by atoms with Crippen molar-refractivity contribution in [2.45, 2.75) is 13.8 Å². The van der Waals surface area contributed by atoms with Crippen LogP contribution in [0.25, 0.3) is 0 Å². The number of esters is 1.